The molecular formula is C27H36F2O7. The van der Waals surface area contributed by atoms with Crippen molar-refractivity contribution in [2.45, 2.75) is 84.4 Å². The number of hydrogen-bond acceptors (Lipinski definition) is 6. The Morgan fingerprint density at radius 1 is 1.19 bits per heavy atom. The number of hydrogen-bond donors (Lipinski definition) is 2. The molecule has 3 saturated carbocycles. The molecule has 0 spiro atoms. The minimum absolute atomic E-state index is 0.00303. The van der Waals surface area contributed by atoms with Gasteiger partial charge in [-0.3, -0.25) is 4.79 Å². The van der Waals surface area contributed by atoms with Crippen molar-refractivity contribution in [1.82, 2.24) is 0 Å². The van der Waals surface area contributed by atoms with E-state index in [4.69, 9.17) is 9.47 Å². The second-order valence-electron chi connectivity index (χ2n) is 12.7. The lowest BCUT2D eigenvalue weighted by atomic mass is 9.44. The number of ether oxygens (including phenoxy) is 2. The number of carbonyl (C=O) groups is 3. The summed E-state index contributed by atoms with van der Waals surface area (Å²) in [6, 6.07) is 0. The number of aliphatic hydroxyl groups is 1. The fourth-order valence-corrected chi connectivity index (χ4v) is 7.68. The standard InChI is InChI=1S/C27H36F2O7/c1-14-9-16-17-11-19(28)18-10-15(30)7-8-24(18,5)26(17,29)20(31)12-25(16,6)27(14,21(32)33)36-22(34)35-13-23(2,3)4/h7-8,10,14,16-17,19-20,31H,9,11-13H2,1-6H3,(H,32,33)/t14-,16+,17+,19+,20?,24?,25+,26+,27+/m1/s1. The average molecular weight is 511 g/mol. The van der Waals surface area contributed by atoms with Crippen molar-refractivity contribution in [3.05, 3.63) is 23.8 Å². The number of aliphatic hydroxyl groups excluding tert-OH is 1. The highest BCUT2D eigenvalue weighted by molar-refractivity contribution is 6.01. The second-order valence-corrected chi connectivity index (χ2v) is 12.7. The first-order valence-corrected chi connectivity index (χ1v) is 12.5. The van der Waals surface area contributed by atoms with Gasteiger partial charge in [0.2, 0.25) is 5.60 Å². The van der Waals surface area contributed by atoms with Crippen LogP contribution in [0.2, 0.25) is 0 Å². The highest BCUT2D eigenvalue weighted by Gasteiger charge is 2.78. The number of alkyl halides is 2. The molecule has 0 radical (unpaired) electrons. The fourth-order valence-electron chi connectivity index (χ4n) is 7.68. The molecule has 4 aliphatic rings. The first kappa shape index (κ1) is 26.8. The molecule has 2 N–H and O–H groups in total. The number of fused-ring (bicyclic) bond motifs is 5. The van der Waals surface area contributed by atoms with Crippen LogP contribution in [0.5, 0.6) is 0 Å². The maximum atomic E-state index is 17.2. The van der Waals surface area contributed by atoms with Crippen LogP contribution in [0.4, 0.5) is 13.6 Å². The van der Waals surface area contributed by atoms with Gasteiger partial charge in [0.05, 0.1) is 12.7 Å². The Bertz CT molecular complexity index is 1050. The Kier molecular flexibility index (Phi) is 6.02. The van der Waals surface area contributed by atoms with Crippen LogP contribution in [-0.2, 0) is 19.1 Å². The zero-order chi connectivity index (χ0) is 27.1. The van der Waals surface area contributed by atoms with E-state index in [2.05, 4.69) is 0 Å². The van der Waals surface area contributed by atoms with Crippen LogP contribution in [-0.4, -0.2) is 58.3 Å². The van der Waals surface area contributed by atoms with E-state index in [0.717, 1.165) is 6.08 Å². The van der Waals surface area contributed by atoms with Gasteiger partial charge in [0.15, 0.2) is 11.5 Å². The maximum Gasteiger partial charge on any atom is 0.509 e. The van der Waals surface area contributed by atoms with E-state index in [9.17, 15) is 24.6 Å². The largest absolute Gasteiger partial charge is 0.509 e. The third kappa shape index (κ3) is 3.41. The van der Waals surface area contributed by atoms with Crippen molar-refractivity contribution < 1.29 is 42.9 Å². The van der Waals surface area contributed by atoms with Gasteiger partial charge in [-0.05, 0) is 55.2 Å². The van der Waals surface area contributed by atoms with Crippen LogP contribution in [0.3, 0.4) is 0 Å². The molecule has 4 rings (SSSR count). The Morgan fingerprint density at radius 3 is 2.42 bits per heavy atom. The molecule has 200 valence electrons. The van der Waals surface area contributed by atoms with Crippen LogP contribution in [0, 0.1) is 34.0 Å². The average Bonchev–Trinajstić information content (AvgIpc) is 2.97. The van der Waals surface area contributed by atoms with E-state index in [-0.39, 0.29) is 36.9 Å². The van der Waals surface area contributed by atoms with Crippen LogP contribution in [0.15, 0.2) is 23.8 Å². The summed E-state index contributed by atoms with van der Waals surface area (Å²) in [4.78, 5) is 37.5. The van der Waals surface area contributed by atoms with Gasteiger partial charge in [-0.25, -0.2) is 18.4 Å². The molecular weight excluding hydrogens is 474 g/mol. The summed E-state index contributed by atoms with van der Waals surface area (Å²) in [7, 11) is 0. The Morgan fingerprint density at radius 2 is 1.83 bits per heavy atom. The normalized spacial score (nSPS) is 45.8. The van der Waals surface area contributed by atoms with Crippen LogP contribution in [0.25, 0.3) is 0 Å². The molecule has 3 fully saturated rings. The molecule has 0 amide bonds. The predicted molar refractivity (Wildman–Crippen MR) is 125 cm³/mol. The maximum absolute atomic E-state index is 17.2. The SMILES string of the molecule is C[C@@H]1C[C@H]2[C@@H]3C[C@H](F)C4=CC(=O)C=CC4(C)[C@@]3(F)C(O)C[C@]2(C)[C@@]1(OC(=O)OCC(C)(C)C)C(=O)O. The number of carboxylic acids is 1. The minimum Gasteiger partial charge on any atom is -0.478 e. The van der Waals surface area contributed by atoms with Crippen LogP contribution in [0.1, 0.15) is 60.8 Å². The first-order valence-electron chi connectivity index (χ1n) is 12.5. The van der Waals surface area contributed by atoms with E-state index < -0.39 is 70.0 Å². The van der Waals surface area contributed by atoms with Crippen molar-refractivity contribution >= 4 is 17.9 Å². The van der Waals surface area contributed by atoms with E-state index in [1.54, 1.807) is 13.8 Å². The number of halogens is 2. The molecule has 0 heterocycles. The molecule has 36 heavy (non-hydrogen) atoms. The van der Waals surface area contributed by atoms with Gasteiger partial charge in [0, 0.05) is 22.7 Å². The topological polar surface area (TPSA) is 110 Å². The highest BCUT2D eigenvalue weighted by atomic mass is 19.1. The number of carbonyl (C=O) groups excluding carboxylic acids is 2. The van der Waals surface area contributed by atoms with Crippen LogP contribution >= 0.6 is 0 Å². The minimum atomic E-state index is -2.34. The molecule has 0 aromatic rings. The lowest BCUT2D eigenvalue weighted by molar-refractivity contribution is -0.231. The van der Waals surface area contributed by atoms with Crippen molar-refractivity contribution in [2.75, 3.05) is 6.61 Å². The molecule has 0 bridgehead atoms. The molecule has 4 aliphatic carbocycles. The Labute approximate surface area is 209 Å². The summed E-state index contributed by atoms with van der Waals surface area (Å²) in [5, 5.41) is 21.8. The van der Waals surface area contributed by atoms with Gasteiger partial charge < -0.3 is 19.7 Å². The van der Waals surface area contributed by atoms with Crippen molar-refractivity contribution in [1.29, 1.82) is 0 Å². The number of aliphatic carboxylic acids is 1. The lowest BCUT2D eigenvalue weighted by Crippen LogP contribution is -2.71. The van der Waals surface area contributed by atoms with Crippen molar-refractivity contribution in [3.63, 3.8) is 0 Å². The van der Waals surface area contributed by atoms with Crippen molar-refractivity contribution in [2.24, 2.45) is 34.0 Å². The van der Waals surface area contributed by atoms with Crippen molar-refractivity contribution in [3.8, 4) is 0 Å². The van der Waals surface area contributed by atoms with E-state index in [0.29, 0.717) is 0 Å². The summed E-state index contributed by atoms with van der Waals surface area (Å²) in [5.41, 5.74) is -7.81. The first-order chi connectivity index (χ1) is 16.4. The molecule has 0 aromatic carbocycles. The summed E-state index contributed by atoms with van der Waals surface area (Å²) in [6.07, 6.45) is -1.33. The fraction of sp³-hybridized carbons (Fsp3) is 0.741. The number of ketones is 1. The molecule has 9 atom stereocenters. The Hall–Kier alpha value is -2.29. The van der Waals surface area contributed by atoms with E-state index >= 15 is 8.78 Å². The summed E-state index contributed by atoms with van der Waals surface area (Å²) in [6.45, 7) is 10.2. The van der Waals surface area contributed by atoms with Gasteiger partial charge in [-0.1, -0.05) is 40.7 Å². The Balaban J connectivity index is 1.77. The monoisotopic (exact) mass is 510 g/mol. The molecule has 0 aromatic heterocycles. The predicted octanol–water partition coefficient (Wildman–Crippen LogP) is 4.57. The molecule has 0 saturated heterocycles. The second kappa shape index (κ2) is 8.10. The number of rotatable bonds is 3. The van der Waals surface area contributed by atoms with Gasteiger partial charge in [-0.15, -0.1) is 0 Å². The number of carboxylic acid groups (broad SMARTS) is 1. The van der Waals surface area contributed by atoms with E-state index in [1.807, 2.05) is 20.8 Å². The van der Waals surface area contributed by atoms with Gasteiger partial charge in [-0.2, -0.15) is 0 Å². The summed E-state index contributed by atoms with van der Waals surface area (Å²) in [5.74, 6) is -4.39. The zero-order valence-electron chi connectivity index (χ0n) is 21.6. The summed E-state index contributed by atoms with van der Waals surface area (Å²) < 4.78 is 43.6. The third-order valence-electron chi connectivity index (χ3n) is 9.35. The molecule has 2 unspecified atom stereocenters. The van der Waals surface area contributed by atoms with Gasteiger partial charge >= 0.3 is 12.1 Å². The molecule has 0 aliphatic heterocycles. The smallest absolute Gasteiger partial charge is 0.478 e. The lowest BCUT2D eigenvalue weighted by Gasteiger charge is -2.62. The van der Waals surface area contributed by atoms with Gasteiger partial charge in [0.25, 0.3) is 0 Å². The van der Waals surface area contributed by atoms with Gasteiger partial charge in [0.1, 0.15) is 6.17 Å². The quantitative estimate of drug-likeness (QED) is 0.535. The zero-order valence-corrected chi connectivity index (χ0v) is 21.6. The molecule has 7 nitrogen and oxygen atoms in total. The van der Waals surface area contributed by atoms with Crippen LogP contribution < -0.4 is 0 Å². The highest BCUT2D eigenvalue weighted by Crippen LogP contribution is 2.71. The summed E-state index contributed by atoms with van der Waals surface area (Å²) >= 11 is 0. The van der Waals surface area contributed by atoms with E-state index in [1.165, 1.54) is 19.1 Å². The third-order valence-corrected chi connectivity index (χ3v) is 9.35. The molecule has 9 heteroatoms. The number of allylic oxidation sites excluding steroid dienone is 4.